The lowest BCUT2D eigenvalue weighted by molar-refractivity contribution is -0.133. The second-order valence-corrected chi connectivity index (χ2v) is 3.77. The number of benzene rings is 1. The van der Waals surface area contributed by atoms with Crippen LogP contribution in [0.25, 0.3) is 0 Å². The molecule has 0 heterocycles. The van der Waals surface area contributed by atoms with Crippen molar-refractivity contribution in [3.05, 3.63) is 34.4 Å². The van der Waals surface area contributed by atoms with Crippen LogP contribution in [0.3, 0.4) is 0 Å². The number of oxime groups is 1. The summed E-state index contributed by atoms with van der Waals surface area (Å²) in [7, 11) is 0. The van der Waals surface area contributed by atoms with Gasteiger partial charge in [0.05, 0.1) is 0 Å². The van der Waals surface area contributed by atoms with Crippen molar-refractivity contribution in [3.63, 3.8) is 0 Å². The summed E-state index contributed by atoms with van der Waals surface area (Å²) in [4.78, 5) is 10.9. The normalized spacial score (nSPS) is 11.4. The maximum atomic E-state index is 10.9. The predicted molar refractivity (Wildman–Crippen MR) is 60.7 cm³/mol. The van der Waals surface area contributed by atoms with Crippen LogP contribution in [0.2, 0.25) is 0 Å². The lowest BCUT2D eigenvalue weighted by Gasteiger charge is -2.11. The van der Waals surface area contributed by atoms with E-state index in [0.29, 0.717) is 5.56 Å². The molecule has 0 aromatic heterocycles. The highest BCUT2D eigenvalue weighted by atomic mass is 16.6. The van der Waals surface area contributed by atoms with Crippen LogP contribution in [0, 0.1) is 20.8 Å². The summed E-state index contributed by atoms with van der Waals surface area (Å²) in [5.74, 6) is -0.560. The number of hydrogen-bond acceptors (Lipinski definition) is 4. The summed E-state index contributed by atoms with van der Waals surface area (Å²) in [5, 5.41) is 11.9. The zero-order chi connectivity index (χ0) is 12.3. The van der Waals surface area contributed by atoms with Crippen LogP contribution in [0.4, 0.5) is 0 Å². The molecule has 1 aromatic carbocycles. The molecule has 0 aliphatic rings. The minimum Gasteiger partial charge on any atom is -0.408 e. The first-order valence-electron chi connectivity index (χ1n) is 4.94. The van der Waals surface area contributed by atoms with E-state index in [2.05, 4.69) is 5.16 Å². The molecule has 0 amide bonds. The fourth-order valence-corrected chi connectivity index (χ4v) is 1.77. The van der Waals surface area contributed by atoms with Crippen molar-refractivity contribution in [1.82, 2.24) is 0 Å². The van der Waals surface area contributed by atoms with Gasteiger partial charge in [-0.3, -0.25) is 4.79 Å². The summed E-state index contributed by atoms with van der Waals surface area (Å²) in [6, 6.07) is 3.88. The number of nitrogens with zero attached hydrogens (tertiary/aromatic N) is 1. The molecule has 0 bridgehead atoms. The van der Waals surface area contributed by atoms with Gasteiger partial charge in [-0.15, -0.1) is 0 Å². The third-order valence-corrected chi connectivity index (χ3v) is 2.22. The fraction of sp³-hybridized carbons (Fsp3) is 0.333. The van der Waals surface area contributed by atoms with Crippen molar-refractivity contribution in [3.8, 4) is 0 Å². The molecular formula is C12H15NO3. The van der Waals surface area contributed by atoms with E-state index in [-0.39, 0.29) is 5.90 Å². The monoisotopic (exact) mass is 221 g/mol. The second-order valence-electron chi connectivity index (χ2n) is 3.77. The molecule has 1 aromatic rings. The summed E-state index contributed by atoms with van der Waals surface area (Å²) in [5.41, 5.74) is 3.58. The Bertz CT molecular complexity index is 427. The first-order chi connectivity index (χ1) is 7.45. The molecule has 0 atom stereocenters. The molecule has 0 fully saturated rings. The zero-order valence-electron chi connectivity index (χ0n) is 9.87. The van der Waals surface area contributed by atoms with Gasteiger partial charge >= 0.3 is 5.97 Å². The maximum absolute atomic E-state index is 10.9. The van der Waals surface area contributed by atoms with Gasteiger partial charge < -0.3 is 9.94 Å². The Kier molecular flexibility index (Phi) is 3.66. The highest BCUT2D eigenvalue weighted by molar-refractivity contribution is 6.01. The Hall–Kier alpha value is -1.84. The van der Waals surface area contributed by atoms with E-state index in [4.69, 9.17) is 9.94 Å². The van der Waals surface area contributed by atoms with Gasteiger partial charge in [0.1, 0.15) is 0 Å². The minimum absolute atomic E-state index is 0.0532. The molecule has 86 valence electrons. The fourth-order valence-electron chi connectivity index (χ4n) is 1.77. The zero-order valence-corrected chi connectivity index (χ0v) is 9.87. The number of carbonyl (C=O) groups excluding carboxylic acids is 1. The van der Waals surface area contributed by atoms with Crippen molar-refractivity contribution < 1.29 is 14.7 Å². The Morgan fingerprint density at radius 2 is 1.75 bits per heavy atom. The van der Waals surface area contributed by atoms with Gasteiger partial charge in [-0.1, -0.05) is 17.7 Å². The Morgan fingerprint density at radius 3 is 2.12 bits per heavy atom. The molecule has 4 heteroatoms. The lowest BCUT2D eigenvalue weighted by Crippen LogP contribution is -2.14. The van der Waals surface area contributed by atoms with Gasteiger partial charge in [-0.2, -0.15) is 0 Å². The minimum atomic E-state index is -0.507. The number of hydrogen-bond donors (Lipinski definition) is 1. The standard InChI is InChI=1S/C12H15NO3/c1-7-5-8(2)11(9(3)6-7)12(13-15)16-10(4)14/h5-6,15H,1-4H3. The van der Waals surface area contributed by atoms with E-state index in [1.165, 1.54) is 6.92 Å². The van der Waals surface area contributed by atoms with E-state index in [1.807, 2.05) is 32.9 Å². The molecule has 16 heavy (non-hydrogen) atoms. The molecule has 0 aliphatic carbocycles. The number of ether oxygens (including phenoxy) is 1. The van der Waals surface area contributed by atoms with Crippen molar-refractivity contribution in [2.75, 3.05) is 0 Å². The highest BCUT2D eigenvalue weighted by Gasteiger charge is 2.14. The van der Waals surface area contributed by atoms with Gasteiger partial charge in [0, 0.05) is 12.5 Å². The second kappa shape index (κ2) is 4.79. The van der Waals surface area contributed by atoms with Crippen LogP contribution in [0.5, 0.6) is 0 Å². The van der Waals surface area contributed by atoms with Crippen LogP contribution in [0.1, 0.15) is 29.2 Å². The number of esters is 1. The van der Waals surface area contributed by atoms with Gasteiger partial charge in [0.15, 0.2) is 0 Å². The first kappa shape index (κ1) is 12.2. The SMILES string of the molecule is CC(=O)OC(=NO)c1c(C)cc(C)cc1C. The van der Waals surface area contributed by atoms with E-state index in [1.54, 1.807) is 0 Å². The number of rotatable bonds is 1. The number of carbonyl (C=O) groups is 1. The Labute approximate surface area is 94.5 Å². The molecule has 1 N–H and O–H groups in total. The molecule has 0 radical (unpaired) electrons. The van der Waals surface area contributed by atoms with Crippen molar-refractivity contribution in [1.29, 1.82) is 0 Å². The molecule has 0 aliphatic heterocycles. The summed E-state index contributed by atoms with van der Waals surface area (Å²) in [6.45, 7) is 7.00. The molecule has 0 saturated heterocycles. The van der Waals surface area contributed by atoms with Crippen LogP contribution < -0.4 is 0 Å². The van der Waals surface area contributed by atoms with Crippen molar-refractivity contribution >= 4 is 11.9 Å². The molecular weight excluding hydrogens is 206 g/mol. The predicted octanol–water partition coefficient (Wildman–Crippen LogP) is 2.31. The van der Waals surface area contributed by atoms with E-state index < -0.39 is 5.97 Å². The molecule has 1 rings (SSSR count). The van der Waals surface area contributed by atoms with E-state index in [0.717, 1.165) is 16.7 Å². The van der Waals surface area contributed by atoms with Gasteiger partial charge in [-0.25, -0.2) is 0 Å². The lowest BCUT2D eigenvalue weighted by atomic mass is 10.00. The average molecular weight is 221 g/mol. The van der Waals surface area contributed by atoms with Crippen LogP contribution in [-0.2, 0) is 9.53 Å². The van der Waals surface area contributed by atoms with Gasteiger partial charge in [0.25, 0.3) is 5.90 Å². The molecule has 0 unspecified atom stereocenters. The van der Waals surface area contributed by atoms with Gasteiger partial charge in [-0.05, 0) is 37.1 Å². The number of aryl methyl sites for hydroxylation is 3. The first-order valence-corrected chi connectivity index (χ1v) is 4.94. The Balaban J connectivity index is 3.26. The smallest absolute Gasteiger partial charge is 0.309 e. The average Bonchev–Trinajstić information content (AvgIpc) is 2.13. The van der Waals surface area contributed by atoms with Crippen LogP contribution in [-0.4, -0.2) is 17.1 Å². The third-order valence-electron chi connectivity index (χ3n) is 2.22. The van der Waals surface area contributed by atoms with Gasteiger partial charge in [0.2, 0.25) is 0 Å². The van der Waals surface area contributed by atoms with Crippen LogP contribution >= 0.6 is 0 Å². The topological polar surface area (TPSA) is 58.9 Å². The molecule has 4 nitrogen and oxygen atoms in total. The molecule has 0 spiro atoms. The Morgan fingerprint density at radius 1 is 1.25 bits per heavy atom. The summed E-state index contributed by atoms with van der Waals surface area (Å²) in [6.07, 6.45) is 0. The third kappa shape index (κ3) is 2.59. The summed E-state index contributed by atoms with van der Waals surface area (Å²) >= 11 is 0. The van der Waals surface area contributed by atoms with E-state index >= 15 is 0 Å². The van der Waals surface area contributed by atoms with Crippen LogP contribution in [0.15, 0.2) is 17.3 Å². The summed E-state index contributed by atoms with van der Waals surface area (Å²) < 4.78 is 4.85. The van der Waals surface area contributed by atoms with E-state index in [9.17, 15) is 4.79 Å². The highest BCUT2D eigenvalue weighted by Crippen LogP contribution is 2.18. The maximum Gasteiger partial charge on any atom is 0.309 e. The van der Waals surface area contributed by atoms with Crippen molar-refractivity contribution in [2.24, 2.45) is 5.16 Å². The molecule has 0 saturated carbocycles. The van der Waals surface area contributed by atoms with Crippen molar-refractivity contribution in [2.45, 2.75) is 27.7 Å². The largest absolute Gasteiger partial charge is 0.408 e. The quantitative estimate of drug-likeness (QED) is 0.260.